The number of hydrogen-bond donors (Lipinski definition) is 0. The lowest BCUT2D eigenvalue weighted by atomic mass is 9.97. The molecule has 0 aliphatic heterocycles. The maximum atomic E-state index is 10.1. The van der Waals surface area contributed by atoms with Crippen LogP contribution in [-0.4, -0.2) is 9.13 Å². The molecule has 5 nitrogen and oxygen atoms in total. The van der Waals surface area contributed by atoms with Gasteiger partial charge in [0.1, 0.15) is 6.07 Å². The second kappa shape index (κ2) is 11.4. The molecule has 0 amide bonds. The molecule has 0 bridgehead atoms. The predicted octanol–water partition coefficient (Wildman–Crippen LogP) is 10.8. The zero-order chi connectivity index (χ0) is 33.8. The maximum absolute atomic E-state index is 10.1. The van der Waals surface area contributed by atoms with Gasteiger partial charge in [0.15, 0.2) is 0 Å². The van der Waals surface area contributed by atoms with Crippen molar-refractivity contribution in [3.05, 3.63) is 168 Å². The van der Waals surface area contributed by atoms with E-state index in [9.17, 15) is 15.8 Å². The zero-order valence-electron chi connectivity index (χ0n) is 26.7. The van der Waals surface area contributed by atoms with E-state index in [0.29, 0.717) is 16.7 Å². The van der Waals surface area contributed by atoms with Crippen LogP contribution in [0.5, 0.6) is 0 Å². The quantitative estimate of drug-likeness (QED) is 0.193. The fourth-order valence-corrected chi connectivity index (χ4v) is 7.38. The molecule has 2 aromatic heterocycles. The largest absolute Gasteiger partial charge is 0.309 e. The van der Waals surface area contributed by atoms with Crippen molar-refractivity contribution in [2.45, 2.75) is 0 Å². The third kappa shape index (κ3) is 4.38. The molecule has 0 aliphatic carbocycles. The highest BCUT2D eigenvalue weighted by molar-refractivity contribution is 6.12. The van der Waals surface area contributed by atoms with E-state index in [2.05, 4.69) is 118 Å². The zero-order valence-corrected chi connectivity index (χ0v) is 26.7. The Morgan fingerprint density at radius 2 is 1.02 bits per heavy atom. The van der Waals surface area contributed by atoms with Crippen LogP contribution in [0.1, 0.15) is 16.7 Å². The van der Waals surface area contributed by atoms with Crippen LogP contribution in [0.15, 0.2) is 152 Å². The molecule has 50 heavy (non-hydrogen) atoms. The fraction of sp³-hybridized carbons (Fsp3) is 0. The van der Waals surface area contributed by atoms with Crippen LogP contribution in [0.25, 0.3) is 77.2 Å². The molecule has 0 fully saturated rings. The number of nitrogens with zero attached hydrogens (tertiary/aromatic N) is 5. The SMILES string of the molecule is N#Cc1ccc(-n2c3ccccc3c3ccccc32)c(-c2ccc(-c3cccc(-n4c5ccc(C#N)cc5c5cccc(C#N)c54)c3)cc2)c1. The Bertz CT molecular complexity index is 2900. The number of fused-ring (bicyclic) bond motifs is 6. The first kappa shape index (κ1) is 28.8. The molecule has 0 unspecified atom stereocenters. The average molecular weight is 636 g/mol. The van der Waals surface area contributed by atoms with Crippen LogP contribution in [0.2, 0.25) is 0 Å². The summed E-state index contributed by atoms with van der Waals surface area (Å²) < 4.78 is 4.41. The summed E-state index contributed by atoms with van der Waals surface area (Å²) in [5.74, 6) is 0. The van der Waals surface area contributed by atoms with Crippen molar-refractivity contribution in [1.82, 2.24) is 9.13 Å². The minimum Gasteiger partial charge on any atom is -0.309 e. The molecule has 7 aromatic carbocycles. The topological polar surface area (TPSA) is 81.2 Å². The Balaban J connectivity index is 1.18. The van der Waals surface area contributed by atoms with E-state index in [1.54, 1.807) is 0 Å². The Hall–Kier alpha value is -7.39. The van der Waals surface area contributed by atoms with Crippen LogP contribution >= 0.6 is 0 Å². The van der Waals surface area contributed by atoms with Gasteiger partial charge in [0.2, 0.25) is 0 Å². The lowest BCUT2D eigenvalue weighted by Gasteiger charge is -2.15. The normalized spacial score (nSPS) is 11.1. The van der Waals surface area contributed by atoms with Crippen molar-refractivity contribution in [3.63, 3.8) is 0 Å². The first-order chi connectivity index (χ1) is 24.7. The first-order valence-corrected chi connectivity index (χ1v) is 16.3. The smallest absolute Gasteiger partial charge is 0.101 e. The van der Waals surface area contributed by atoms with Crippen LogP contribution < -0.4 is 0 Å². The van der Waals surface area contributed by atoms with Gasteiger partial charge < -0.3 is 9.13 Å². The fourth-order valence-electron chi connectivity index (χ4n) is 7.38. The van der Waals surface area contributed by atoms with E-state index in [1.807, 2.05) is 60.7 Å². The monoisotopic (exact) mass is 635 g/mol. The first-order valence-electron chi connectivity index (χ1n) is 16.3. The minimum absolute atomic E-state index is 0.575. The maximum Gasteiger partial charge on any atom is 0.101 e. The number of rotatable bonds is 4. The Labute approximate surface area is 287 Å². The predicted molar refractivity (Wildman–Crippen MR) is 200 cm³/mol. The second-order valence-electron chi connectivity index (χ2n) is 12.3. The molecule has 0 atom stereocenters. The summed E-state index contributed by atoms with van der Waals surface area (Å²) in [6, 6.07) is 57.9. The van der Waals surface area contributed by atoms with Gasteiger partial charge in [-0.3, -0.25) is 0 Å². The van der Waals surface area contributed by atoms with Crippen molar-refractivity contribution in [2.24, 2.45) is 0 Å². The van der Waals surface area contributed by atoms with Crippen LogP contribution in [0, 0.1) is 34.0 Å². The summed E-state index contributed by atoms with van der Waals surface area (Å²) >= 11 is 0. The second-order valence-corrected chi connectivity index (χ2v) is 12.3. The molecule has 0 spiro atoms. The van der Waals surface area contributed by atoms with Gasteiger partial charge >= 0.3 is 0 Å². The van der Waals surface area contributed by atoms with Crippen molar-refractivity contribution in [1.29, 1.82) is 15.8 Å². The molecular formula is C45H25N5. The van der Waals surface area contributed by atoms with Crippen molar-refractivity contribution in [2.75, 3.05) is 0 Å². The Morgan fingerprint density at radius 3 is 1.74 bits per heavy atom. The molecule has 0 radical (unpaired) electrons. The van der Waals surface area contributed by atoms with Crippen LogP contribution in [0.4, 0.5) is 0 Å². The Morgan fingerprint density at radius 1 is 0.400 bits per heavy atom. The summed E-state index contributed by atoms with van der Waals surface area (Å²) in [5.41, 5.74) is 11.7. The number of nitriles is 3. The van der Waals surface area contributed by atoms with E-state index in [1.165, 1.54) is 10.8 Å². The summed E-state index contributed by atoms with van der Waals surface area (Å²) in [6.07, 6.45) is 0. The minimum atomic E-state index is 0.575. The summed E-state index contributed by atoms with van der Waals surface area (Å²) in [5, 5.41) is 33.8. The molecular weight excluding hydrogens is 611 g/mol. The molecule has 9 rings (SSSR count). The van der Waals surface area contributed by atoms with Crippen molar-refractivity contribution in [3.8, 4) is 51.8 Å². The van der Waals surface area contributed by atoms with Crippen molar-refractivity contribution >= 4 is 43.6 Å². The summed E-state index contributed by atoms with van der Waals surface area (Å²) in [4.78, 5) is 0. The molecule has 2 heterocycles. The molecule has 0 aliphatic rings. The number of aromatic nitrogens is 2. The molecule has 0 saturated carbocycles. The third-order valence-electron chi connectivity index (χ3n) is 9.62. The van der Waals surface area contributed by atoms with E-state index >= 15 is 0 Å². The summed E-state index contributed by atoms with van der Waals surface area (Å²) in [6.45, 7) is 0. The van der Waals surface area contributed by atoms with E-state index in [4.69, 9.17) is 0 Å². The molecule has 9 aromatic rings. The van der Waals surface area contributed by atoms with E-state index in [-0.39, 0.29) is 0 Å². The van der Waals surface area contributed by atoms with Gasteiger partial charge in [0.25, 0.3) is 0 Å². The molecule has 230 valence electrons. The van der Waals surface area contributed by atoms with E-state index < -0.39 is 0 Å². The standard InChI is InChI=1S/C45H25N5/c46-26-29-15-21-43(50-41-13-3-1-10-36(41)37-11-2-4-14-42(37)50)39(23-29)32-19-17-31(18-20-32)33-7-5-9-35(25-33)49-44-22-16-30(27-47)24-40(44)38-12-6-8-34(28-48)45(38)49/h1-25H. The molecule has 0 saturated heterocycles. The van der Waals surface area contributed by atoms with Gasteiger partial charge in [-0.2, -0.15) is 15.8 Å². The van der Waals surface area contributed by atoms with Gasteiger partial charge in [-0.1, -0.05) is 84.9 Å². The Kier molecular flexibility index (Phi) is 6.56. The van der Waals surface area contributed by atoms with E-state index in [0.717, 1.165) is 66.5 Å². The number of benzene rings is 7. The van der Waals surface area contributed by atoms with Gasteiger partial charge in [0, 0.05) is 32.8 Å². The van der Waals surface area contributed by atoms with Gasteiger partial charge in [0.05, 0.1) is 56.6 Å². The average Bonchev–Trinajstić information content (AvgIpc) is 3.70. The third-order valence-corrected chi connectivity index (χ3v) is 9.62. The lowest BCUT2D eigenvalue weighted by Crippen LogP contribution is -1.98. The van der Waals surface area contributed by atoms with Crippen LogP contribution in [-0.2, 0) is 0 Å². The number of hydrogen-bond acceptors (Lipinski definition) is 3. The molecule has 5 heteroatoms. The highest BCUT2D eigenvalue weighted by atomic mass is 15.0. The molecule has 0 N–H and O–H groups in total. The van der Waals surface area contributed by atoms with Gasteiger partial charge in [-0.05, 0) is 83.4 Å². The van der Waals surface area contributed by atoms with Gasteiger partial charge in [-0.25, -0.2) is 0 Å². The van der Waals surface area contributed by atoms with Gasteiger partial charge in [-0.15, -0.1) is 0 Å². The lowest BCUT2D eigenvalue weighted by molar-refractivity contribution is 1.18. The summed E-state index contributed by atoms with van der Waals surface area (Å²) in [7, 11) is 0. The highest BCUT2D eigenvalue weighted by Crippen LogP contribution is 2.38. The number of para-hydroxylation sites is 3. The van der Waals surface area contributed by atoms with Crippen LogP contribution in [0.3, 0.4) is 0 Å². The highest BCUT2D eigenvalue weighted by Gasteiger charge is 2.18. The van der Waals surface area contributed by atoms with Crippen molar-refractivity contribution < 1.29 is 0 Å².